The number of aromatic nitrogens is 4. The SMILES string of the molecule is CCN1Sc2ccccc2C(O)=C1c1nnn(Cc2ccccc2)n1. The van der Waals surface area contributed by atoms with Crippen molar-refractivity contribution >= 4 is 23.4 Å². The fourth-order valence-electron chi connectivity index (χ4n) is 2.74. The molecule has 0 radical (unpaired) electrons. The molecule has 1 aliphatic heterocycles. The van der Waals surface area contributed by atoms with Crippen molar-refractivity contribution in [1.82, 2.24) is 24.5 Å². The highest BCUT2D eigenvalue weighted by atomic mass is 32.2. The van der Waals surface area contributed by atoms with E-state index >= 15 is 0 Å². The number of aliphatic hydroxyl groups is 1. The molecule has 7 heteroatoms. The number of hydrogen-bond donors (Lipinski definition) is 1. The maximum atomic E-state index is 10.8. The van der Waals surface area contributed by atoms with E-state index in [-0.39, 0.29) is 5.76 Å². The summed E-state index contributed by atoms with van der Waals surface area (Å²) in [6.07, 6.45) is 0. The fourth-order valence-corrected chi connectivity index (χ4v) is 3.77. The number of hydrogen-bond acceptors (Lipinski definition) is 6. The van der Waals surface area contributed by atoms with Crippen molar-refractivity contribution in [2.45, 2.75) is 18.4 Å². The van der Waals surface area contributed by atoms with Crippen molar-refractivity contribution in [1.29, 1.82) is 0 Å². The first kappa shape index (κ1) is 15.7. The third kappa shape index (κ3) is 2.98. The van der Waals surface area contributed by atoms with Gasteiger partial charge in [-0.15, -0.1) is 10.2 Å². The number of fused-ring (bicyclic) bond motifs is 1. The molecule has 25 heavy (non-hydrogen) atoms. The molecule has 1 aliphatic rings. The van der Waals surface area contributed by atoms with Crippen molar-refractivity contribution in [2.24, 2.45) is 0 Å². The minimum absolute atomic E-state index is 0.190. The lowest BCUT2D eigenvalue weighted by molar-refractivity contribution is 0.497. The lowest BCUT2D eigenvalue weighted by atomic mass is 10.1. The molecule has 126 valence electrons. The molecule has 0 saturated carbocycles. The molecule has 0 aliphatic carbocycles. The van der Waals surface area contributed by atoms with Crippen LogP contribution in [0.2, 0.25) is 0 Å². The molecule has 2 heterocycles. The summed E-state index contributed by atoms with van der Waals surface area (Å²) in [6.45, 7) is 3.28. The summed E-state index contributed by atoms with van der Waals surface area (Å²) >= 11 is 1.58. The van der Waals surface area contributed by atoms with Gasteiger partial charge in [0, 0.05) is 17.0 Å². The Kier molecular flexibility index (Phi) is 4.15. The molecule has 0 unspecified atom stereocenters. The van der Waals surface area contributed by atoms with Crippen molar-refractivity contribution in [3.63, 3.8) is 0 Å². The predicted octanol–water partition coefficient (Wildman–Crippen LogP) is 3.45. The van der Waals surface area contributed by atoms with Crippen molar-refractivity contribution in [2.75, 3.05) is 6.54 Å². The number of benzene rings is 2. The lowest BCUT2D eigenvalue weighted by Crippen LogP contribution is -2.20. The van der Waals surface area contributed by atoms with Crippen LogP contribution < -0.4 is 0 Å². The fraction of sp³-hybridized carbons (Fsp3) is 0.167. The largest absolute Gasteiger partial charge is 0.505 e. The summed E-state index contributed by atoms with van der Waals surface area (Å²) in [5, 5.41) is 23.6. The van der Waals surface area contributed by atoms with Crippen LogP contribution in [-0.4, -0.2) is 36.2 Å². The minimum Gasteiger partial charge on any atom is -0.505 e. The summed E-state index contributed by atoms with van der Waals surface area (Å²) in [7, 11) is 0. The summed E-state index contributed by atoms with van der Waals surface area (Å²) in [5.41, 5.74) is 2.50. The van der Waals surface area contributed by atoms with E-state index in [1.54, 1.807) is 16.7 Å². The molecule has 0 amide bonds. The van der Waals surface area contributed by atoms with Crippen LogP contribution in [0.25, 0.3) is 11.5 Å². The van der Waals surface area contributed by atoms with Gasteiger partial charge in [0.15, 0.2) is 5.76 Å². The van der Waals surface area contributed by atoms with Crippen molar-refractivity contribution in [3.05, 3.63) is 71.5 Å². The number of rotatable bonds is 4. The number of tetrazole rings is 1. The topological polar surface area (TPSA) is 67.1 Å². The zero-order valence-electron chi connectivity index (χ0n) is 13.7. The average molecular weight is 351 g/mol. The number of aliphatic hydroxyl groups excluding tert-OH is 1. The summed E-state index contributed by atoms with van der Waals surface area (Å²) in [4.78, 5) is 2.56. The minimum atomic E-state index is 0.190. The maximum Gasteiger partial charge on any atom is 0.225 e. The van der Waals surface area contributed by atoms with Gasteiger partial charge in [-0.05, 0) is 41.8 Å². The van der Waals surface area contributed by atoms with Gasteiger partial charge in [-0.1, -0.05) is 42.5 Å². The Labute approximate surface area is 149 Å². The van der Waals surface area contributed by atoms with Crippen LogP contribution in [0, 0.1) is 0 Å². The van der Waals surface area contributed by atoms with Gasteiger partial charge in [0.25, 0.3) is 0 Å². The quantitative estimate of drug-likeness (QED) is 0.726. The van der Waals surface area contributed by atoms with E-state index in [2.05, 4.69) is 15.4 Å². The molecule has 0 atom stereocenters. The first-order valence-electron chi connectivity index (χ1n) is 8.06. The molecule has 4 rings (SSSR count). The molecule has 6 nitrogen and oxygen atoms in total. The van der Waals surface area contributed by atoms with Crippen LogP contribution in [-0.2, 0) is 6.54 Å². The third-order valence-corrected chi connectivity index (χ3v) is 5.16. The highest BCUT2D eigenvalue weighted by Crippen LogP contribution is 2.42. The Morgan fingerprint density at radius 2 is 1.80 bits per heavy atom. The van der Waals surface area contributed by atoms with E-state index in [0.717, 1.165) is 16.0 Å². The van der Waals surface area contributed by atoms with E-state index in [4.69, 9.17) is 0 Å². The molecule has 2 aromatic carbocycles. The summed E-state index contributed by atoms with van der Waals surface area (Å²) < 4.78 is 1.99. The molecular weight excluding hydrogens is 334 g/mol. The Morgan fingerprint density at radius 1 is 1.04 bits per heavy atom. The van der Waals surface area contributed by atoms with Gasteiger partial charge >= 0.3 is 0 Å². The standard InChI is InChI=1S/C18H17N5OS/c1-2-22-16(17(24)14-10-6-7-11-15(14)25-22)18-19-21-23(20-18)12-13-8-4-3-5-9-13/h3-11,24H,2,12H2,1H3. The van der Waals surface area contributed by atoms with Gasteiger partial charge in [-0.25, -0.2) is 0 Å². The molecule has 0 saturated heterocycles. The van der Waals surface area contributed by atoms with E-state index in [1.807, 2.05) is 65.8 Å². The van der Waals surface area contributed by atoms with Crippen LogP contribution in [0.5, 0.6) is 0 Å². The zero-order chi connectivity index (χ0) is 17.2. The smallest absolute Gasteiger partial charge is 0.225 e. The van der Waals surface area contributed by atoms with Gasteiger partial charge in [-0.2, -0.15) is 4.80 Å². The molecular formula is C18H17N5OS. The average Bonchev–Trinajstić information content (AvgIpc) is 3.10. The molecule has 1 aromatic heterocycles. The van der Waals surface area contributed by atoms with Crippen LogP contribution in [0.4, 0.5) is 0 Å². The van der Waals surface area contributed by atoms with Crippen LogP contribution in [0.1, 0.15) is 23.9 Å². The van der Waals surface area contributed by atoms with Crippen LogP contribution in [0.3, 0.4) is 0 Å². The second-order valence-corrected chi connectivity index (χ2v) is 6.67. The maximum absolute atomic E-state index is 10.8. The van der Waals surface area contributed by atoms with Crippen molar-refractivity contribution < 1.29 is 5.11 Å². The van der Waals surface area contributed by atoms with Gasteiger partial charge in [0.2, 0.25) is 5.82 Å². The van der Waals surface area contributed by atoms with Gasteiger partial charge in [-0.3, -0.25) is 0 Å². The monoisotopic (exact) mass is 351 g/mol. The van der Waals surface area contributed by atoms with Gasteiger partial charge in [0.05, 0.1) is 6.54 Å². The first-order chi connectivity index (χ1) is 12.3. The van der Waals surface area contributed by atoms with E-state index in [0.29, 0.717) is 24.6 Å². The molecule has 0 fully saturated rings. The third-order valence-electron chi connectivity index (χ3n) is 3.94. The van der Waals surface area contributed by atoms with E-state index in [1.165, 1.54) is 0 Å². The second kappa shape index (κ2) is 6.60. The van der Waals surface area contributed by atoms with Crippen molar-refractivity contribution in [3.8, 4) is 0 Å². The van der Waals surface area contributed by atoms with E-state index in [9.17, 15) is 5.11 Å². The van der Waals surface area contributed by atoms with Gasteiger partial charge in [0.1, 0.15) is 5.70 Å². The zero-order valence-corrected chi connectivity index (χ0v) is 14.5. The van der Waals surface area contributed by atoms with Gasteiger partial charge < -0.3 is 9.41 Å². The van der Waals surface area contributed by atoms with E-state index < -0.39 is 0 Å². The normalized spacial score (nSPS) is 13.9. The predicted molar refractivity (Wildman–Crippen MR) is 97.5 cm³/mol. The summed E-state index contributed by atoms with van der Waals surface area (Å²) in [5.74, 6) is 0.618. The lowest BCUT2D eigenvalue weighted by Gasteiger charge is -2.28. The molecule has 0 bridgehead atoms. The van der Waals surface area contributed by atoms with Crippen LogP contribution in [0.15, 0.2) is 59.5 Å². The Bertz CT molecular complexity index is 922. The highest BCUT2D eigenvalue weighted by molar-refractivity contribution is 7.97. The Hall–Kier alpha value is -2.80. The molecule has 1 N–H and O–H groups in total. The molecule has 3 aromatic rings. The van der Waals surface area contributed by atoms with Crippen LogP contribution >= 0.6 is 11.9 Å². The Balaban J connectivity index is 1.71. The summed E-state index contributed by atoms with van der Waals surface area (Å²) in [6, 6.07) is 17.7. The first-order valence-corrected chi connectivity index (χ1v) is 8.84. The highest BCUT2D eigenvalue weighted by Gasteiger charge is 2.28. The second-order valence-electron chi connectivity index (χ2n) is 5.61. The molecule has 0 spiro atoms. The number of nitrogens with zero attached hydrogens (tertiary/aromatic N) is 5. The Morgan fingerprint density at radius 3 is 2.60 bits per heavy atom.